The average molecular weight is 249 g/mol. The Bertz CT molecular complexity index is 456. The second kappa shape index (κ2) is 3.98. The summed E-state index contributed by atoms with van der Waals surface area (Å²) in [5, 5.41) is 0. The second-order valence-electron chi connectivity index (χ2n) is 6.32. The summed E-state index contributed by atoms with van der Waals surface area (Å²) in [5.74, 6) is 2.77. The van der Waals surface area contributed by atoms with Crippen molar-refractivity contribution in [2.75, 3.05) is 12.8 Å². The van der Waals surface area contributed by atoms with Crippen LogP contribution in [-0.2, 0) is 11.2 Å². The van der Waals surface area contributed by atoms with Gasteiger partial charge in [0.25, 0.3) is 0 Å². The number of nitrogens with zero attached hydrogens (tertiary/aromatic N) is 2. The van der Waals surface area contributed by atoms with Gasteiger partial charge in [0.1, 0.15) is 11.6 Å². The molecular formula is C14H23N3O. The highest BCUT2D eigenvalue weighted by molar-refractivity contribution is 5.42. The molecule has 1 aromatic heterocycles. The standard InChI is InChI=1S/C14H23N3O/c1-14(2,18-3)8-11-12(15)17(10-6-7-10)13(16-11)9-4-5-9/h9-10H,4-8,15H2,1-3H3. The molecule has 1 heterocycles. The molecule has 2 saturated carbocycles. The van der Waals surface area contributed by atoms with Crippen LogP contribution in [-0.4, -0.2) is 22.3 Å². The lowest BCUT2D eigenvalue weighted by Gasteiger charge is -2.21. The molecule has 0 bridgehead atoms. The number of nitrogen functional groups attached to an aromatic ring is 1. The van der Waals surface area contributed by atoms with Crippen LogP contribution < -0.4 is 5.73 Å². The predicted octanol–water partition coefficient (Wildman–Crippen LogP) is 2.65. The molecule has 100 valence electrons. The van der Waals surface area contributed by atoms with Crippen molar-refractivity contribution in [1.82, 2.24) is 9.55 Å². The summed E-state index contributed by atoms with van der Waals surface area (Å²) in [5.41, 5.74) is 7.14. The predicted molar refractivity (Wildman–Crippen MR) is 71.7 cm³/mol. The maximum atomic E-state index is 6.32. The number of nitrogens with two attached hydrogens (primary N) is 1. The largest absolute Gasteiger partial charge is 0.384 e. The summed E-state index contributed by atoms with van der Waals surface area (Å²) in [6, 6.07) is 0.618. The minimum atomic E-state index is -0.197. The molecule has 2 fully saturated rings. The van der Waals surface area contributed by atoms with Crippen LogP contribution in [0.4, 0.5) is 5.82 Å². The van der Waals surface area contributed by atoms with Crippen molar-refractivity contribution < 1.29 is 4.74 Å². The number of rotatable bonds is 5. The number of hydrogen-bond acceptors (Lipinski definition) is 3. The van der Waals surface area contributed by atoms with Crippen LogP contribution >= 0.6 is 0 Å². The summed E-state index contributed by atoms with van der Waals surface area (Å²) in [6.45, 7) is 4.17. The number of aromatic nitrogens is 2. The lowest BCUT2D eigenvalue weighted by atomic mass is 10.0. The lowest BCUT2D eigenvalue weighted by molar-refractivity contribution is 0.0226. The molecule has 0 aliphatic heterocycles. The van der Waals surface area contributed by atoms with Crippen LogP contribution in [0.3, 0.4) is 0 Å². The van der Waals surface area contributed by atoms with E-state index in [2.05, 4.69) is 18.4 Å². The Hall–Kier alpha value is -1.03. The Labute approximate surface area is 109 Å². The molecule has 0 radical (unpaired) electrons. The fraction of sp³-hybridized carbons (Fsp3) is 0.786. The highest BCUT2D eigenvalue weighted by Gasteiger charge is 2.37. The summed E-state index contributed by atoms with van der Waals surface area (Å²) in [6.07, 6.45) is 5.85. The van der Waals surface area contributed by atoms with Crippen molar-refractivity contribution >= 4 is 5.82 Å². The van der Waals surface area contributed by atoms with Gasteiger partial charge < -0.3 is 15.0 Å². The Morgan fingerprint density at radius 1 is 1.33 bits per heavy atom. The van der Waals surface area contributed by atoms with E-state index in [1.165, 1.54) is 31.5 Å². The number of ether oxygens (including phenoxy) is 1. The topological polar surface area (TPSA) is 53.1 Å². The van der Waals surface area contributed by atoms with E-state index in [9.17, 15) is 0 Å². The van der Waals surface area contributed by atoms with Crippen molar-refractivity contribution in [3.63, 3.8) is 0 Å². The van der Waals surface area contributed by atoms with E-state index in [1.807, 2.05) is 0 Å². The molecule has 0 saturated heterocycles. The second-order valence-corrected chi connectivity index (χ2v) is 6.32. The molecule has 3 rings (SSSR count). The maximum absolute atomic E-state index is 6.32. The van der Waals surface area contributed by atoms with Crippen LogP contribution in [0.15, 0.2) is 0 Å². The molecule has 1 aromatic rings. The van der Waals surface area contributed by atoms with Gasteiger partial charge in [-0.3, -0.25) is 0 Å². The minimum Gasteiger partial charge on any atom is -0.384 e. The molecule has 2 N–H and O–H groups in total. The van der Waals surface area contributed by atoms with Gasteiger partial charge in [0.05, 0.1) is 11.3 Å². The number of imidazole rings is 1. The van der Waals surface area contributed by atoms with Crippen molar-refractivity contribution in [1.29, 1.82) is 0 Å². The van der Waals surface area contributed by atoms with Crippen molar-refractivity contribution in [2.24, 2.45) is 0 Å². The molecule has 18 heavy (non-hydrogen) atoms. The zero-order chi connectivity index (χ0) is 12.9. The monoisotopic (exact) mass is 249 g/mol. The van der Waals surface area contributed by atoms with Crippen LogP contribution in [0, 0.1) is 0 Å². The normalized spacial score (nSPS) is 20.4. The van der Waals surface area contributed by atoms with Gasteiger partial charge in [-0.2, -0.15) is 0 Å². The maximum Gasteiger partial charge on any atom is 0.127 e. The SMILES string of the molecule is COC(C)(C)Cc1nc(C2CC2)n(C2CC2)c1N. The van der Waals surface area contributed by atoms with E-state index < -0.39 is 0 Å². The van der Waals surface area contributed by atoms with E-state index in [0.717, 1.165) is 17.9 Å². The summed E-state index contributed by atoms with van der Waals surface area (Å²) >= 11 is 0. The van der Waals surface area contributed by atoms with Gasteiger partial charge in [-0.1, -0.05) is 0 Å². The molecule has 4 nitrogen and oxygen atoms in total. The van der Waals surface area contributed by atoms with E-state index in [0.29, 0.717) is 12.0 Å². The van der Waals surface area contributed by atoms with Gasteiger partial charge in [-0.15, -0.1) is 0 Å². The van der Waals surface area contributed by atoms with Gasteiger partial charge in [-0.05, 0) is 39.5 Å². The van der Waals surface area contributed by atoms with Crippen LogP contribution in [0.2, 0.25) is 0 Å². The first-order chi connectivity index (χ1) is 8.52. The summed E-state index contributed by atoms with van der Waals surface area (Å²) in [4.78, 5) is 4.82. The molecule has 4 heteroatoms. The van der Waals surface area contributed by atoms with E-state index in [1.54, 1.807) is 7.11 Å². The van der Waals surface area contributed by atoms with Gasteiger partial charge in [0, 0.05) is 25.5 Å². The highest BCUT2D eigenvalue weighted by Crippen LogP contribution is 2.46. The van der Waals surface area contributed by atoms with Crippen molar-refractivity contribution in [3.05, 3.63) is 11.5 Å². The Morgan fingerprint density at radius 3 is 2.50 bits per heavy atom. The first kappa shape index (κ1) is 12.0. The lowest BCUT2D eigenvalue weighted by Crippen LogP contribution is -2.26. The van der Waals surface area contributed by atoms with Gasteiger partial charge in [0.2, 0.25) is 0 Å². The third-order valence-electron chi connectivity index (χ3n) is 4.05. The summed E-state index contributed by atoms with van der Waals surface area (Å²) < 4.78 is 7.80. The Kier molecular flexibility index (Phi) is 2.66. The van der Waals surface area contributed by atoms with E-state index >= 15 is 0 Å². The first-order valence-electron chi connectivity index (χ1n) is 6.93. The molecular weight excluding hydrogens is 226 g/mol. The molecule has 0 unspecified atom stereocenters. The van der Waals surface area contributed by atoms with Crippen LogP contribution in [0.5, 0.6) is 0 Å². The minimum absolute atomic E-state index is 0.197. The van der Waals surface area contributed by atoms with Crippen molar-refractivity contribution in [2.45, 2.75) is 63.5 Å². The van der Waals surface area contributed by atoms with Crippen LogP contribution in [0.25, 0.3) is 0 Å². The third kappa shape index (κ3) is 2.14. The zero-order valence-corrected chi connectivity index (χ0v) is 11.6. The fourth-order valence-corrected chi connectivity index (χ4v) is 2.46. The smallest absolute Gasteiger partial charge is 0.127 e. The summed E-state index contributed by atoms with van der Waals surface area (Å²) in [7, 11) is 1.75. The molecule has 0 atom stereocenters. The molecule has 0 spiro atoms. The first-order valence-corrected chi connectivity index (χ1v) is 6.93. The highest BCUT2D eigenvalue weighted by atomic mass is 16.5. The number of anilines is 1. The Morgan fingerprint density at radius 2 is 2.00 bits per heavy atom. The van der Waals surface area contributed by atoms with E-state index in [4.69, 9.17) is 15.5 Å². The number of methoxy groups -OCH3 is 1. The van der Waals surface area contributed by atoms with Gasteiger partial charge in [0.15, 0.2) is 0 Å². The molecule has 0 aromatic carbocycles. The van der Waals surface area contributed by atoms with Gasteiger partial charge in [-0.25, -0.2) is 4.98 Å². The Balaban J connectivity index is 1.92. The van der Waals surface area contributed by atoms with Crippen molar-refractivity contribution in [3.8, 4) is 0 Å². The average Bonchev–Trinajstić information content (AvgIpc) is 3.20. The van der Waals surface area contributed by atoms with E-state index in [-0.39, 0.29) is 5.60 Å². The quantitative estimate of drug-likeness (QED) is 0.872. The molecule has 2 aliphatic carbocycles. The van der Waals surface area contributed by atoms with Gasteiger partial charge >= 0.3 is 0 Å². The van der Waals surface area contributed by atoms with Crippen LogP contribution in [0.1, 0.15) is 63.0 Å². The molecule has 2 aliphatic rings. The number of hydrogen-bond donors (Lipinski definition) is 1. The third-order valence-corrected chi connectivity index (χ3v) is 4.05. The fourth-order valence-electron chi connectivity index (χ4n) is 2.46. The molecule has 0 amide bonds. The zero-order valence-electron chi connectivity index (χ0n) is 11.6.